The summed E-state index contributed by atoms with van der Waals surface area (Å²) in [6.07, 6.45) is 3.69. The molecule has 0 bridgehead atoms. The quantitative estimate of drug-likeness (QED) is 0.0681. The van der Waals surface area contributed by atoms with E-state index in [4.69, 9.17) is 52.1 Å². The molecule has 0 saturated heterocycles. The van der Waals surface area contributed by atoms with Crippen LogP contribution in [-0.2, 0) is 63.3 Å². The molecule has 0 aliphatic carbocycles. The summed E-state index contributed by atoms with van der Waals surface area (Å²) in [5, 5.41) is 3.14. The number of aromatic nitrogens is 1. The molecule has 0 spiro atoms. The van der Waals surface area contributed by atoms with E-state index < -0.39 is 0 Å². The largest absolute Gasteiger partial charge is 0.382 e. The Morgan fingerprint density at radius 3 is 1.63 bits per heavy atom. The van der Waals surface area contributed by atoms with Gasteiger partial charge in [0.1, 0.15) is 0 Å². The van der Waals surface area contributed by atoms with Crippen molar-refractivity contribution in [3.63, 3.8) is 0 Å². The second kappa shape index (κ2) is 38.7. The molecule has 2 amide bonds. The van der Waals surface area contributed by atoms with Gasteiger partial charge in [-0.25, -0.2) is 0 Å². The summed E-state index contributed by atoms with van der Waals surface area (Å²) in [5.74, 6) is -0.172. The van der Waals surface area contributed by atoms with Crippen LogP contribution in [0.2, 0.25) is 0 Å². The minimum absolute atomic E-state index is 0.00737. The summed E-state index contributed by atoms with van der Waals surface area (Å²) in [5.41, 5.74) is 6.30. The van der Waals surface area contributed by atoms with E-state index in [1.807, 2.05) is 55.5 Å². The Morgan fingerprint density at radius 2 is 1.10 bits per heavy atom. The highest BCUT2D eigenvalue weighted by molar-refractivity contribution is 6.06. The van der Waals surface area contributed by atoms with Gasteiger partial charge in [0.25, 0.3) is 5.91 Å². The average molecular weight is 957 g/mol. The van der Waals surface area contributed by atoms with Crippen molar-refractivity contribution in [1.29, 1.82) is 0 Å². The predicted octanol–water partition coefficient (Wildman–Crippen LogP) is 5.75. The van der Waals surface area contributed by atoms with Crippen LogP contribution in [0, 0.1) is 6.92 Å². The van der Waals surface area contributed by atoms with Crippen LogP contribution < -0.4 is 10.2 Å². The molecule has 0 aliphatic rings. The summed E-state index contributed by atoms with van der Waals surface area (Å²) in [4.78, 5) is 34.4. The second-order valence-electron chi connectivity index (χ2n) is 15.6. The number of carbonyl (C=O) groups is 2. The highest BCUT2D eigenvalue weighted by atomic mass is 16.6. The van der Waals surface area contributed by atoms with E-state index in [0.29, 0.717) is 151 Å². The number of hydrogen-bond donors (Lipinski definition) is 1. The van der Waals surface area contributed by atoms with Gasteiger partial charge in [0.2, 0.25) is 5.91 Å². The maximum absolute atomic E-state index is 13.5. The number of aryl methyl sites for hydroxylation is 2. The third-order valence-corrected chi connectivity index (χ3v) is 10.4. The monoisotopic (exact) mass is 957 g/mol. The van der Waals surface area contributed by atoms with Gasteiger partial charge in [-0.15, -0.1) is 0 Å². The van der Waals surface area contributed by atoms with Gasteiger partial charge in [-0.05, 0) is 87.2 Å². The summed E-state index contributed by atoms with van der Waals surface area (Å²) in [6.45, 7) is 18.6. The Labute approximate surface area is 405 Å². The van der Waals surface area contributed by atoms with Crippen LogP contribution >= 0.6 is 0 Å². The predicted molar refractivity (Wildman–Crippen MR) is 263 cm³/mol. The third kappa shape index (κ3) is 26.6. The first-order valence-corrected chi connectivity index (χ1v) is 24.1. The zero-order valence-corrected chi connectivity index (χ0v) is 41.5. The van der Waals surface area contributed by atoms with Gasteiger partial charge in [-0.3, -0.25) is 14.6 Å². The van der Waals surface area contributed by atoms with Crippen molar-refractivity contribution in [3.8, 4) is 11.3 Å². The van der Waals surface area contributed by atoms with Crippen molar-refractivity contribution < 1.29 is 61.7 Å². The molecule has 1 aromatic heterocycles. The molecule has 1 heterocycles. The zero-order valence-electron chi connectivity index (χ0n) is 41.5. The van der Waals surface area contributed by atoms with Crippen molar-refractivity contribution in [3.05, 3.63) is 77.5 Å². The van der Waals surface area contributed by atoms with Crippen LogP contribution in [0.4, 0.5) is 11.4 Å². The van der Waals surface area contributed by atoms with Crippen LogP contribution in [0.3, 0.4) is 0 Å². The first-order valence-electron chi connectivity index (χ1n) is 24.1. The smallest absolute Gasteiger partial charge is 0.255 e. The SMILES string of the molecule is CCN(CC)c1ccc(NC(=O)c2cccc(CCCOCCOCCOCCOCCC(=O)N(C)CCOCCOCCOCCOCCOCCOCCOC)c2)c(-c2cc(C)ccn2)c1. The van der Waals surface area contributed by atoms with Gasteiger partial charge in [0.15, 0.2) is 0 Å². The van der Waals surface area contributed by atoms with Gasteiger partial charge < -0.3 is 67.2 Å². The topological polar surface area (TPSA) is 167 Å². The first kappa shape index (κ1) is 58.2. The zero-order chi connectivity index (χ0) is 48.7. The van der Waals surface area contributed by atoms with Gasteiger partial charge in [-0.1, -0.05) is 12.1 Å². The molecule has 17 heteroatoms. The minimum Gasteiger partial charge on any atom is -0.382 e. The highest BCUT2D eigenvalue weighted by Gasteiger charge is 2.15. The van der Waals surface area contributed by atoms with Crippen molar-refractivity contribution in [2.24, 2.45) is 0 Å². The highest BCUT2D eigenvalue weighted by Crippen LogP contribution is 2.32. The van der Waals surface area contributed by atoms with Crippen LogP contribution in [0.15, 0.2) is 60.8 Å². The van der Waals surface area contributed by atoms with E-state index in [9.17, 15) is 9.59 Å². The molecule has 0 aliphatic heterocycles. The fraction of sp³-hybridized carbons (Fsp3) is 0.627. The van der Waals surface area contributed by atoms with Crippen molar-refractivity contribution in [2.45, 2.75) is 40.0 Å². The van der Waals surface area contributed by atoms with Crippen molar-refractivity contribution >= 4 is 23.2 Å². The lowest BCUT2D eigenvalue weighted by atomic mass is 10.0. The number of anilines is 2. The van der Waals surface area contributed by atoms with Crippen LogP contribution in [0.25, 0.3) is 11.3 Å². The molecule has 0 unspecified atom stereocenters. The Kier molecular flexibility index (Phi) is 33.1. The molecule has 2 aromatic carbocycles. The maximum atomic E-state index is 13.5. The average Bonchev–Trinajstić information content (AvgIpc) is 3.35. The van der Waals surface area contributed by atoms with Gasteiger partial charge in [0.05, 0.1) is 150 Å². The molecule has 1 N–H and O–H groups in total. The Bertz CT molecular complexity index is 1750. The molecule has 68 heavy (non-hydrogen) atoms. The standard InChI is InChI=1S/C51H80N4O13/c1-6-55(7-2)46-13-14-48(47(42-46)49-40-43(3)15-17-52-49)53-51(57)45-12-8-10-44(41-45)11-9-19-59-24-27-63-32-33-64-28-25-60-20-16-50(56)54(4)18-21-61-26-29-65-34-35-67-38-39-68-37-36-66-31-30-62-23-22-58-5/h8,10,12-15,17,40-42H,6-7,9,11,16,18-39H2,1-5H3,(H,53,57). The summed E-state index contributed by atoms with van der Waals surface area (Å²) >= 11 is 0. The van der Waals surface area contributed by atoms with Crippen LogP contribution in [0.1, 0.15) is 48.2 Å². The molecular weight excluding hydrogens is 877 g/mol. The molecule has 382 valence electrons. The number of hydrogen-bond acceptors (Lipinski definition) is 15. The van der Waals surface area contributed by atoms with E-state index in [-0.39, 0.29) is 18.2 Å². The molecule has 0 atom stereocenters. The van der Waals surface area contributed by atoms with Crippen LogP contribution in [0.5, 0.6) is 0 Å². The lowest BCUT2D eigenvalue weighted by molar-refractivity contribution is -0.132. The number of pyridine rings is 1. The summed E-state index contributed by atoms with van der Waals surface area (Å²) in [7, 11) is 3.39. The molecule has 3 rings (SSSR count). The summed E-state index contributed by atoms with van der Waals surface area (Å²) < 4.78 is 60.2. The molecule has 0 fully saturated rings. The lowest BCUT2D eigenvalue weighted by Crippen LogP contribution is -2.31. The number of rotatable bonds is 43. The lowest BCUT2D eigenvalue weighted by Gasteiger charge is -2.23. The fourth-order valence-electron chi connectivity index (χ4n) is 6.55. The first-order chi connectivity index (χ1) is 33.4. The van der Waals surface area contributed by atoms with E-state index in [0.717, 1.165) is 59.7 Å². The fourth-order valence-corrected chi connectivity index (χ4v) is 6.55. The van der Waals surface area contributed by atoms with E-state index in [1.165, 1.54) is 0 Å². The normalized spacial score (nSPS) is 11.3. The number of ether oxygens (including phenoxy) is 11. The second-order valence-corrected chi connectivity index (χ2v) is 15.6. The van der Waals surface area contributed by atoms with E-state index >= 15 is 0 Å². The van der Waals surface area contributed by atoms with Gasteiger partial charge in [0, 0.05) is 63.4 Å². The van der Waals surface area contributed by atoms with E-state index in [1.54, 1.807) is 25.3 Å². The van der Waals surface area contributed by atoms with E-state index in [2.05, 4.69) is 35.1 Å². The minimum atomic E-state index is -0.165. The van der Waals surface area contributed by atoms with Crippen LogP contribution in [-0.4, -0.2) is 194 Å². The number of methoxy groups -OCH3 is 1. The van der Waals surface area contributed by atoms with Crippen molar-refractivity contribution in [1.82, 2.24) is 9.88 Å². The number of amides is 2. The number of benzene rings is 2. The number of nitrogens with zero attached hydrogens (tertiary/aromatic N) is 3. The number of carbonyl (C=O) groups excluding carboxylic acids is 2. The molecule has 0 saturated carbocycles. The molecular formula is C51H80N4O13. The van der Waals surface area contributed by atoms with Gasteiger partial charge in [-0.2, -0.15) is 0 Å². The number of nitrogens with one attached hydrogen (secondary N) is 1. The van der Waals surface area contributed by atoms with Crippen molar-refractivity contribution in [2.75, 3.05) is 183 Å². The molecule has 3 aromatic rings. The Hall–Kier alpha value is -4.11. The Balaban J connectivity index is 1.10. The Morgan fingerprint density at radius 1 is 0.588 bits per heavy atom. The van der Waals surface area contributed by atoms with Gasteiger partial charge >= 0.3 is 0 Å². The maximum Gasteiger partial charge on any atom is 0.255 e. The third-order valence-electron chi connectivity index (χ3n) is 10.4. The summed E-state index contributed by atoms with van der Waals surface area (Å²) in [6, 6.07) is 17.9. The number of likely N-dealkylation sites (N-methyl/N-ethyl adjacent to an activating group) is 1. The molecule has 17 nitrogen and oxygen atoms in total. The molecule has 0 radical (unpaired) electrons.